The van der Waals surface area contributed by atoms with Crippen LogP contribution in [0.1, 0.15) is 35.7 Å². The van der Waals surface area contributed by atoms with Gasteiger partial charge in [0.15, 0.2) is 0 Å². The van der Waals surface area contributed by atoms with Gasteiger partial charge in [-0.3, -0.25) is 4.79 Å². The zero-order valence-corrected chi connectivity index (χ0v) is 14.2. The highest BCUT2D eigenvalue weighted by atomic mass is 16.2. The number of hydrogen-bond acceptors (Lipinski definition) is 5. The van der Waals surface area contributed by atoms with Gasteiger partial charge in [-0.1, -0.05) is 6.07 Å². The summed E-state index contributed by atoms with van der Waals surface area (Å²) in [5.74, 6) is 1.44. The Morgan fingerprint density at radius 1 is 1.29 bits per heavy atom. The summed E-state index contributed by atoms with van der Waals surface area (Å²) in [4.78, 5) is 23.2. The van der Waals surface area contributed by atoms with Gasteiger partial charge in [-0.2, -0.15) is 4.98 Å². The number of carbonyl (C=O) groups is 1. The van der Waals surface area contributed by atoms with Gasteiger partial charge in [0.05, 0.1) is 0 Å². The molecule has 1 aromatic heterocycles. The van der Waals surface area contributed by atoms with E-state index in [1.165, 1.54) is 0 Å². The van der Waals surface area contributed by atoms with E-state index in [0.29, 0.717) is 11.5 Å². The Balaban J connectivity index is 1.79. The third kappa shape index (κ3) is 3.64. The predicted octanol–water partition coefficient (Wildman–Crippen LogP) is 3.20. The number of amides is 1. The van der Waals surface area contributed by atoms with Crippen LogP contribution in [-0.4, -0.2) is 40.4 Å². The molecule has 0 bridgehead atoms. The Morgan fingerprint density at radius 3 is 2.83 bits per heavy atom. The van der Waals surface area contributed by atoms with Crippen molar-refractivity contribution < 1.29 is 4.79 Å². The molecule has 1 aliphatic heterocycles. The summed E-state index contributed by atoms with van der Waals surface area (Å²) in [5, 5.41) is 6.40. The molecule has 3 rings (SSSR count). The number of rotatable bonds is 5. The van der Waals surface area contributed by atoms with Crippen molar-refractivity contribution in [2.24, 2.45) is 0 Å². The fourth-order valence-electron chi connectivity index (χ4n) is 2.78. The molecule has 1 saturated heterocycles. The molecule has 1 fully saturated rings. The summed E-state index contributed by atoms with van der Waals surface area (Å²) in [7, 11) is 0. The molecule has 1 amide bonds. The topological polar surface area (TPSA) is 70.2 Å². The van der Waals surface area contributed by atoms with Crippen LogP contribution in [0, 0.1) is 6.92 Å². The lowest BCUT2D eigenvalue weighted by Gasteiger charge is -2.16. The third-order valence-electron chi connectivity index (χ3n) is 4.07. The Labute approximate surface area is 142 Å². The molecule has 0 aliphatic carbocycles. The lowest BCUT2D eigenvalue weighted by molar-refractivity contribution is 0.0793. The van der Waals surface area contributed by atoms with E-state index in [2.05, 4.69) is 20.6 Å². The van der Waals surface area contributed by atoms with Gasteiger partial charge in [0.1, 0.15) is 5.82 Å². The molecule has 6 heteroatoms. The third-order valence-corrected chi connectivity index (χ3v) is 4.07. The first-order valence-electron chi connectivity index (χ1n) is 8.41. The van der Waals surface area contributed by atoms with Crippen molar-refractivity contribution in [1.29, 1.82) is 0 Å². The normalized spacial score (nSPS) is 13.8. The smallest absolute Gasteiger partial charge is 0.253 e. The van der Waals surface area contributed by atoms with Crippen LogP contribution in [0.3, 0.4) is 0 Å². The Kier molecular flexibility index (Phi) is 4.93. The van der Waals surface area contributed by atoms with Crippen LogP contribution in [0.4, 0.5) is 17.5 Å². The van der Waals surface area contributed by atoms with Crippen LogP contribution >= 0.6 is 0 Å². The van der Waals surface area contributed by atoms with Gasteiger partial charge >= 0.3 is 0 Å². The van der Waals surface area contributed by atoms with Gasteiger partial charge in [-0.05, 0) is 44.9 Å². The zero-order chi connectivity index (χ0) is 16.9. The van der Waals surface area contributed by atoms with Crippen molar-refractivity contribution in [3.8, 4) is 0 Å². The second kappa shape index (κ2) is 7.29. The first kappa shape index (κ1) is 16.2. The summed E-state index contributed by atoms with van der Waals surface area (Å²) in [6.07, 6.45) is 3.97. The first-order chi connectivity index (χ1) is 11.7. The molecule has 1 aliphatic rings. The number of anilines is 3. The Bertz CT molecular complexity index is 725. The number of aryl methyl sites for hydroxylation is 1. The van der Waals surface area contributed by atoms with E-state index in [4.69, 9.17) is 0 Å². The second-order valence-corrected chi connectivity index (χ2v) is 5.96. The monoisotopic (exact) mass is 325 g/mol. The fourth-order valence-corrected chi connectivity index (χ4v) is 2.78. The molecule has 0 radical (unpaired) electrons. The van der Waals surface area contributed by atoms with Crippen molar-refractivity contribution in [3.05, 3.63) is 41.6 Å². The van der Waals surface area contributed by atoms with Gasteiger partial charge in [0, 0.05) is 42.6 Å². The summed E-state index contributed by atoms with van der Waals surface area (Å²) in [6, 6.07) is 7.58. The Hall–Kier alpha value is -2.63. The minimum absolute atomic E-state index is 0.101. The molecule has 2 aromatic rings. The van der Waals surface area contributed by atoms with Crippen LogP contribution < -0.4 is 10.6 Å². The number of nitrogens with zero attached hydrogens (tertiary/aromatic N) is 3. The number of carbonyl (C=O) groups excluding carboxylic acids is 1. The number of benzene rings is 1. The van der Waals surface area contributed by atoms with E-state index < -0.39 is 0 Å². The van der Waals surface area contributed by atoms with Gasteiger partial charge in [0.2, 0.25) is 5.95 Å². The first-order valence-corrected chi connectivity index (χ1v) is 8.41. The van der Waals surface area contributed by atoms with Crippen LogP contribution in [-0.2, 0) is 0 Å². The molecule has 1 aromatic carbocycles. The van der Waals surface area contributed by atoms with Crippen molar-refractivity contribution in [2.45, 2.75) is 26.7 Å². The van der Waals surface area contributed by atoms with Crippen molar-refractivity contribution in [2.75, 3.05) is 30.3 Å². The minimum Gasteiger partial charge on any atom is -0.354 e. The quantitative estimate of drug-likeness (QED) is 0.883. The summed E-state index contributed by atoms with van der Waals surface area (Å²) < 4.78 is 0. The SMILES string of the molecule is CCNc1ncc(C)c(Nc2cccc(C(=O)N3CCCC3)c2)n1. The van der Waals surface area contributed by atoms with E-state index in [1.54, 1.807) is 6.20 Å². The molecule has 6 nitrogen and oxygen atoms in total. The predicted molar refractivity (Wildman–Crippen MR) is 95.8 cm³/mol. The largest absolute Gasteiger partial charge is 0.354 e. The molecule has 0 spiro atoms. The van der Waals surface area contributed by atoms with Gasteiger partial charge in [-0.15, -0.1) is 0 Å². The molecule has 0 unspecified atom stereocenters. The highest BCUT2D eigenvalue weighted by molar-refractivity contribution is 5.95. The average Bonchev–Trinajstić information content (AvgIpc) is 3.12. The minimum atomic E-state index is 0.101. The van der Waals surface area contributed by atoms with Crippen molar-refractivity contribution >= 4 is 23.4 Å². The summed E-state index contributed by atoms with van der Waals surface area (Å²) in [5.41, 5.74) is 2.51. The number of nitrogens with one attached hydrogen (secondary N) is 2. The van der Waals surface area contributed by atoms with E-state index >= 15 is 0 Å². The summed E-state index contributed by atoms with van der Waals surface area (Å²) >= 11 is 0. The molecular weight excluding hydrogens is 302 g/mol. The molecule has 24 heavy (non-hydrogen) atoms. The molecule has 2 heterocycles. The highest BCUT2D eigenvalue weighted by Crippen LogP contribution is 2.21. The van der Waals surface area contributed by atoms with E-state index in [0.717, 1.165) is 49.5 Å². The highest BCUT2D eigenvalue weighted by Gasteiger charge is 2.19. The molecule has 126 valence electrons. The molecule has 0 saturated carbocycles. The maximum Gasteiger partial charge on any atom is 0.253 e. The lowest BCUT2D eigenvalue weighted by Crippen LogP contribution is -2.27. The van der Waals surface area contributed by atoms with E-state index in [9.17, 15) is 4.79 Å². The number of aromatic nitrogens is 2. The van der Waals surface area contributed by atoms with Crippen molar-refractivity contribution in [3.63, 3.8) is 0 Å². The molecular formula is C18H23N5O. The average molecular weight is 325 g/mol. The van der Waals surface area contributed by atoms with Crippen molar-refractivity contribution in [1.82, 2.24) is 14.9 Å². The second-order valence-electron chi connectivity index (χ2n) is 5.96. The molecule has 2 N–H and O–H groups in total. The zero-order valence-electron chi connectivity index (χ0n) is 14.2. The van der Waals surface area contributed by atoms with Crippen LogP contribution in [0.5, 0.6) is 0 Å². The number of hydrogen-bond donors (Lipinski definition) is 2. The Morgan fingerprint density at radius 2 is 2.08 bits per heavy atom. The number of likely N-dealkylation sites (tertiary alicyclic amines) is 1. The van der Waals surface area contributed by atoms with E-state index in [1.807, 2.05) is 43.0 Å². The summed E-state index contributed by atoms with van der Waals surface area (Å²) in [6.45, 7) is 6.44. The van der Waals surface area contributed by atoms with Gasteiger partial charge in [0.25, 0.3) is 5.91 Å². The van der Waals surface area contributed by atoms with Gasteiger partial charge < -0.3 is 15.5 Å². The standard InChI is InChI=1S/C18H23N5O/c1-3-19-18-20-12-13(2)16(22-18)21-15-8-6-7-14(11-15)17(24)23-9-4-5-10-23/h6-8,11-12H,3-5,9-10H2,1-2H3,(H2,19,20,21,22). The maximum atomic E-state index is 12.5. The van der Waals surface area contributed by atoms with Crippen LogP contribution in [0.25, 0.3) is 0 Å². The molecule has 0 atom stereocenters. The lowest BCUT2D eigenvalue weighted by atomic mass is 10.1. The van der Waals surface area contributed by atoms with Crippen LogP contribution in [0.2, 0.25) is 0 Å². The van der Waals surface area contributed by atoms with Crippen LogP contribution in [0.15, 0.2) is 30.5 Å². The van der Waals surface area contributed by atoms with Gasteiger partial charge in [-0.25, -0.2) is 4.98 Å². The fraction of sp³-hybridized carbons (Fsp3) is 0.389. The maximum absolute atomic E-state index is 12.5. The van der Waals surface area contributed by atoms with E-state index in [-0.39, 0.29) is 5.91 Å².